The molecular formula is C13H14O4. The van der Waals surface area contributed by atoms with Crippen molar-refractivity contribution < 1.29 is 19.1 Å². The van der Waals surface area contributed by atoms with Crippen molar-refractivity contribution in [1.82, 2.24) is 0 Å². The quantitative estimate of drug-likeness (QED) is 0.578. The molecule has 0 unspecified atom stereocenters. The van der Waals surface area contributed by atoms with Crippen molar-refractivity contribution in [2.45, 2.75) is 6.42 Å². The molecule has 0 heterocycles. The molecule has 0 bridgehead atoms. The summed E-state index contributed by atoms with van der Waals surface area (Å²) in [6, 6.07) is 5.16. The number of methoxy groups -OCH3 is 2. The lowest BCUT2D eigenvalue weighted by Crippen LogP contribution is -1.96. The first-order valence-corrected chi connectivity index (χ1v) is 5.08. The minimum Gasteiger partial charge on any atom is -0.497 e. The van der Waals surface area contributed by atoms with Gasteiger partial charge in [0, 0.05) is 5.56 Å². The second kappa shape index (κ2) is 6.48. The SMILES string of the molecule is COC(=O)CC=Cc1ccc(OC)cc1C=O. The monoisotopic (exact) mass is 234 g/mol. The molecule has 4 heteroatoms. The van der Waals surface area contributed by atoms with Gasteiger partial charge in [-0.1, -0.05) is 18.2 Å². The van der Waals surface area contributed by atoms with E-state index in [2.05, 4.69) is 4.74 Å². The van der Waals surface area contributed by atoms with Crippen molar-refractivity contribution in [3.05, 3.63) is 35.4 Å². The van der Waals surface area contributed by atoms with E-state index in [1.165, 1.54) is 14.2 Å². The molecule has 4 nitrogen and oxygen atoms in total. The molecular weight excluding hydrogens is 220 g/mol. The zero-order valence-electron chi connectivity index (χ0n) is 9.80. The third kappa shape index (κ3) is 3.75. The van der Waals surface area contributed by atoms with Crippen LogP contribution >= 0.6 is 0 Å². The summed E-state index contributed by atoms with van der Waals surface area (Å²) in [5, 5.41) is 0. The molecule has 0 amide bonds. The van der Waals surface area contributed by atoms with Gasteiger partial charge in [-0.25, -0.2) is 0 Å². The number of hydrogen-bond acceptors (Lipinski definition) is 4. The third-order valence-corrected chi connectivity index (χ3v) is 2.23. The molecule has 0 radical (unpaired) electrons. The van der Waals surface area contributed by atoms with Gasteiger partial charge in [-0.3, -0.25) is 9.59 Å². The summed E-state index contributed by atoms with van der Waals surface area (Å²) in [7, 11) is 2.87. The summed E-state index contributed by atoms with van der Waals surface area (Å²) in [5.74, 6) is 0.305. The molecule has 1 aromatic carbocycles. The highest BCUT2D eigenvalue weighted by atomic mass is 16.5. The van der Waals surface area contributed by atoms with Crippen LogP contribution in [0.5, 0.6) is 5.75 Å². The summed E-state index contributed by atoms with van der Waals surface area (Å²) in [5.41, 5.74) is 1.26. The van der Waals surface area contributed by atoms with Crippen LogP contribution in [0.3, 0.4) is 0 Å². The van der Waals surface area contributed by atoms with Crippen LogP contribution in [-0.2, 0) is 9.53 Å². The second-order valence-electron chi connectivity index (χ2n) is 3.30. The molecule has 0 saturated carbocycles. The van der Waals surface area contributed by atoms with Gasteiger partial charge in [0.15, 0.2) is 6.29 Å². The second-order valence-corrected chi connectivity index (χ2v) is 3.30. The number of esters is 1. The normalized spacial score (nSPS) is 10.2. The van der Waals surface area contributed by atoms with Gasteiger partial charge in [0.25, 0.3) is 0 Å². The molecule has 0 aliphatic heterocycles. The van der Waals surface area contributed by atoms with Gasteiger partial charge in [-0.15, -0.1) is 0 Å². The maximum atomic E-state index is 10.9. The van der Waals surface area contributed by atoms with Crippen molar-refractivity contribution in [2.75, 3.05) is 14.2 Å². The summed E-state index contributed by atoms with van der Waals surface area (Å²) in [4.78, 5) is 21.8. The number of rotatable bonds is 5. The van der Waals surface area contributed by atoms with Gasteiger partial charge in [0.2, 0.25) is 0 Å². The van der Waals surface area contributed by atoms with Gasteiger partial charge >= 0.3 is 5.97 Å². The van der Waals surface area contributed by atoms with Crippen LogP contribution < -0.4 is 4.74 Å². The molecule has 0 atom stereocenters. The van der Waals surface area contributed by atoms with Crippen molar-refractivity contribution in [1.29, 1.82) is 0 Å². The molecule has 17 heavy (non-hydrogen) atoms. The van der Waals surface area contributed by atoms with Gasteiger partial charge in [-0.05, 0) is 17.7 Å². The zero-order chi connectivity index (χ0) is 12.7. The Hall–Kier alpha value is -2.10. The Balaban J connectivity index is 2.83. The number of hydrogen-bond donors (Lipinski definition) is 0. The Morgan fingerprint density at radius 1 is 1.29 bits per heavy atom. The Kier molecular flexibility index (Phi) is 4.94. The summed E-state index contributed by atoms with van der Waals surface area (Å²) >= 11 is 0. The molecule has 0 aliphatic carbocycles. The Bertz CT molecular complexity index is 435. The highest BCUT2D eigenvalue weighted by Crippen LogP contribution is 2.17. The highest BCUT2D eigenvalue weighted by molar-refractivity contribution is 5.83. The number of carbonyl (C=O) groups excluding carboxylic acids is 2. The van der Waals surface area contributed by atoms with E-state index in [-0.39, 0.29) is 12.4 Å². The molecule has 0 fully saturated rings. The van der Waals surface area contributed by atoms with E-state index in [4.69, 9.17) is 4.74 Å². The molecule has 1 rings (SSSR count). The largest absolute Gasteiger partial charge is 0.497 e. The maximum Gasteiger partial charge on any atom is 0.309 e. The van der Waals surface area contributed by atoms with Crippen LogP contribution in [0.25, 0.3) is 6.08 Å². The van der Waals surface area contributed by atoms with Crippen LogP contribution in [0, 0.1) is 0 Å². The fraction of sp³-hybridized carbons (Fsp3) is 0.231. The number of carbonyl (C=O) groups is 2. The standard InChI is InChI=1S/C13H14O4/c1-16-12-7-6-10(11(8-12)9-14)4-3-5-13(15)17-2/h3-4,6-9H,5H2,1-2H3. The van der Waals surface area contributed by atoms with Crippen LogP contribution in [-0.4, -0.2) is 26.5 Å². The van der Waals surface area contributed by atoms with Gasteiger partial charge < -0.3 is 9.47 Å². The van der Waals surface area contributed by atoms with E-state index >= 15 is 0 Å². The Labute approximate surface area is 99.8 Å². The van der Waals surface area contributed by atoms with Crippen LogP contribution in [0.15, 0.2) is 24.3 Å². The van der Waals surface area contributed by atoms with Gasteiger partial charge in [-0.2, -0.15) is 0 Å². The molecule has 0 aromatic heterocycles. The van der Waals surface area contributed by atoms with Gasteiger partial charge in [0.05, 0.1) is 20.6 Å². The first kappa shape index (κ1) is 13.0. The minimum absolute atomic E-state index is 0.181. The first-order valence-electron chi connectivity index (χ1n) is 5.08. The molecule has 0 aliphatic rings. The lowest BCUT2D eigenvalue weighted by atomic mass is 10.1. The molecule has 90 valence electrons. The van der Waals surface area contributed by atoms with Crippen molar-refractivity contribution in [2.24, 2.45) is 0 Å². The Morgan fingerprint density at radius 2 is 2.06 bits per heavy atom. The van der Waals surface area contributed by atoms with Crippen LogP contribution in [0.2, 0.25) is 0 Å². The maximum absolute atomic E-state index is 10.9. The molecule has 0 N–H and O–H groups in total. The van der Waals surface area contributed by atoms with Crippen LogP contribution in [0.4, 0.5) is 0 Å². The number of benzene rings is 1. The predicted molar refractivity (Wildman–Crippen MR) is 64.0 cm³/mol. The number of aldehydes is 1. The summed E-state index contributed by atoms with van der Waals surface area (Å²) in [6.07, 6.45) is 4.29. The molecule has 1 aromatic rings. The van der Waals surface area contributed by atoms with E-state index in [9.17, 15) is 9.59 Å². The van der Waals surface area contributed by atoms with Crippen LogP contribution in [0.1, 0.15) is 22.3 Å². The van der Waals surface area contributed by atoms with E-state index in [0.717, 1.165) is 11.8 Å². The summed E-state index contributed by atoms with van der Waals surface area (Å²) < 4.78 is 9.52. The lowest BCUT2D eigenvalue weighted by molar-refractivity contribution is -0.139. The molecule has 0 spiro atoms. The average molecular weight is 234 g/mol. The summed E-state index contributed by atoms with van der Waals surface area (Å²) in [6.45, 7) is 0. The topological polar surface area (TPSA) is 52.6 Å². The van der Waals surface area contributed by atoms with E-state index < -0.39 is 0 Å². The minimum atomic E-state index is -0.317. The lowest BCUT2D eigenvalue weighted by Gasteiger charge is -2.03. The van der Waals surface area contributed by atoms with Crippen molar-refractivity contribution in [3.8, 4) is 5.75 Å². The first-order chi connectivity index (χ1) is 8.21. The fourth-order valence-corrected chi connectivity index (χ4v) is 1.30. The molecule has 0 saturated heterocycles. The fourth-order valence-electron chi connectivity index (χ4n) is 1.30. The van der Waals surface area contributed by atoms with E-state index in [0.29, 0.717) is 11.3 Å². The third-order valence-electron chi connectivity index (χ3n) is 2.23. The highest BCUT2D eigenvalue weighted by Gasteiger charge is 2.01. The zero-order valence-corrected chi connectivity index (χ0v) is 9.80. The predicted octanol–water partition coefficient (Wildman–Crippen LogP) is 2.08. The van der Waals surface area contributed by atoms with Gasteiger partial charge in [0.1, 0.15) is 5.75 Å². The van der Waals surface area contributed by atoms with Crippen molar-refractivity contribution in [3.63, 3.8) is 0 Å². The Morgan fingerprint density at radius 3 is 2.65 bits per heavy atom. The van der Waals surface area contributed by atoms with E-state index in [1.807, 2.05) is 0 Å². The van der Waals surface area contributed by atoms with Crippen molar-refractivity contribution >= 4 is 18.3 Å². The van der Waals surface area contributed by atoms with E-state index in [1.54, 1.807) is 30.4 Å². The average Bonchev–Trinajstić information content (AvgIpc) is 2.38. The smallest absolute Gasteiger partial charge is 0.309 e. The number of ether oxygens (including phenoxy) is 2.